The van der Waals surface area contributed by atoms with Crippen molar-refractivity contribution in [3.05, 3.63) is 94.5 Å². The Morgan fingerprint density at radius 3 is 2.23 bits per heavy atom. The quantitative estimate of drug-likeness (QED) is 0.320. The molecule has 44 heavy (non-hydrogen) atoms. The molecule has 1 aliphatic carbocycles. The zero-order chi connectivity index (χ0) is 31.6. The lowest BCUT2D eigenvalue weighted by Crippen LogP contribution is -2.52. The number of halogens is 2. The third kappa shape index (κ3) is 6.66. The van der Waals surface area contributed by atoms with Crippen LogP contribution in [0.1, 0.15) is 43.4 Å². The van der Waals surface area contributed by atoms with Crippen LogP contribution in [0.3, 0.4) is 0 Å². The first kappa shape index (κ1) is 31.3. The maximum atomic E-state index is 15.4. The number of rotatable bonds is 7. The maximum absolute atomic E-state index is 15.4. The molecule has 1 N–H and O–H groups in total. The van der Waals surface area contributed by atoms with Crippen LogP contribution < -0.4 is 5.32 Å². The third-order valence-corrected chi connectivity index (χ3v) is 7.92. The number of amides is 3. The summed E-state index contributed by atoms with van der Waals surface area (Å²) in [7, 11) is 1.33. The highest BCUT2D eigenvalue weighted by Gasteiger charge is 2.52. The Balaban J connectivity index is 1.31. The Kier molecular flexibility index (Phi) is 9.12. The van der Waals surface area contributed by atoms with Crippen LogP contribution in [-0.2, 0) is 25.5 Å². The summed E-state index contributed by atoms with van der Waals surface area (Å²) in [5.74, 6) is -1.19. The molecule has 1 heterocycles. The molecule has 11 heteroatoms. The van der Waals surface area contributed by atoms with Gasteiger partial charge in [0.15, 0.2) is 0 Å². The van der Waals surface area contributed by atoms with Crippen LogP contribution in [0, 0.1) is 0 Å². The first-order chi connectivity index (χ1) is 21.0. The molecule has 3 unspecified atom stereocenters. The normalized spacial score (nSPS) is 19.2. The van der Waals surface area contributed by atoms with Crippen LogP contribution in [0.15, 0.2) is 72.8 Å². The van der Waals surface area contributed by atoms with E-state index in [1.165, 1.54) is 13.2 Å². The lowest BCUT2D eigenvalue weighted by molar-refractivity contribution is -0.156. The van der Waals surface area contributed by atoms with Gasteiger partial charge in [0.2, 0.25) is 0 Å². The van der Waals surface area contributed by atoms with Crippen LogP contribution in [0.4, 0.5) is 14.1 Å². The summed E-state index contributed by atoms with van der Waals surface area (Å²) < 4.78 is 32.2. The SMILES string of the molecule is COC1C(NC(=O)OCC2c3ccccc3-c3ccccc32)CN(C(=O)OC(C)(C)C)C1C(=O)N(F)Cc1cccc(Cl)c1. The minimum Gasteiger partial charge on any atom is -0.449 e. The van der Waals surface area contributed by atoms with Gasteiger partial charge in [-0.05, 0) is 60.7 Å². The number of likely N-dealkylation sites (tertiary alicyclic amines) is 1. The highest BCUT2D eigenvalue weighted by molar-refractivity contribution is 6.30. The number of hydrogen-bond acceptors (Lipinski definition) is 6. The van der Waals surface area contributed by atoms with E-state index in [0.29, 0.717) is 10.6 Å². The van der Waals surface area contributed by atoms with Crippen molar-refractivity contribution < 1.29 is 33.1 Å². The van der Waals surface area contributed by atoms with Gasteiger partial charge in [-0.15, -0.1) is 0 Å². The molecule has 0 aromatic heterocycles. The highest BCUT2D eigenvalue weighted by atomic mass is 35.5. The van der Waals surface area contributed by atoms with Gasteiger partial charge in [0.1, 0.15) is 24.4 Å². The number of carbonyl (C=O) groups is 3. The van der Waals surface area contributed by atoms with Crippen molar-refractivity contribution in [3.63, 3.8) is 0 Å². The molecule has 232 valence electrons. The molecule has 5 rings (SSSR count). The van der Waals surface area contributed by atoms with Crippen molar-refractivity contribution in [2.24, 2.45) is 0 Å². The van der Waals surface area contributed by atoms with Crippen molar-refractivity contribution >= 4 is 29.7 Å². The molecule has 1 saturated heterocycles. The number of hydrogen-bond donors (Lipinski definition) is 1. The van der Waals surface area contributed by atoms with E-state index in [9.17, 15) is 14.4 Å². The Hall–Kier alpha value is -4.15. The summed E-state index contributed by atoms with van der Waals surface area (Å²) in [5, 5.41) is 3.13. The number of fused-ring (bicyclic) bond motifs is 3. The number of carbonyl (C=O) groups excluding carboxylic acids is 3. The summed E-state index contributed by atoms with van der Waals surface area (Å²) in [6, 6.07) is 20.1. The third-order valence-electron chi connectivity index (χ3n) is 7.69. The van der Waals surface area contributed by atoms with Crippen molar-refractivity contribution in [1.29, 1.82) is 0 Å². The fraction of sp³-hybridized carbons (Fsp3) is 0.364. The minimum atomic E-state index is -1.42. The van der Waals surface area contributed by atoms with Gasteiger partial charge in [0, 0.05) is 24.6 Å². The largest absolute Gasteiger partial charge is 0.449 e. The molecule has 3 atom stereocenters. The average molecular weight is 624 g/mol. The Labute approximate surface area is 260 Å². The first-order valence-electron chi connectivity index (χ1n) is 14.3. The average Bonchev–Trinajstić information content (AvgIpc) is 3.50. The van der Waals surface area contributed by atoms with Gasteiger partial charge in [-0.3, -0.25) is 9.69 Å². The molecule has 1 aliphatic heterocycles. The second-order valence-corrected chi connectivity index (χ2v) is 12.3. The zero-order valence-corrected chi connectivity index (χ0v) is 25.7. The van der Waals surface area contributed by atoms with Crippen LogP contribution in [-0.4, -0.2) is 72.2 Å². The minimum absolute atomic E-state index is 0.00933. The van der Waals surface area contributed by atoms with Gasteiger partial charge >= 0.3 is 12.2 Å². The van der Waals surface area contributed by atoms with Gasteiger partial charge in [0.25, 0.3) is 5.91 Å². The smallest absolute Gasteiger partial charge is 0.411 e. The summed E-state index contributed by atoms with van der Waals surface area (Å²) in [4.78, 5) is 40.9. The van der Waals surface area contributed by atoms with E-state index < -0.39 is 48.4 Å². The predicted octanol–water partition coefficient (Wildman–Crippen LogP) is 6.09. The molecule has 3 amide bonds. The molecule has 0 radical (unpaired) electrons. The standard InChI is InChI=1S/C33H35ClFN3O6/c1-33(2,3)44-32(41)37-18-27(29(42-4)28(37)30(39)38(35)17-20-10-9-11-21(34)16-20)36-31(40)43-19-26-24-14-7-5-12-22(24)23-13-6-8-15-25(23)26/h5-16,26-29H,17-19H2,1-4H3,(H,36,40). The Morgan fingerprint density at radius 2 is 1.64 bits per heavy atom. The van der Waals surface area contributed by atoms with E-state index in [0.717, 1.165) is 27.2 Å². The fourth-order valence-corrected chi connectivity index (χ4v) is 6.05. The van der Waals surface area contributed by atoms with Crippen LogP contribution >= 0.6 is 11.6 Å². The molecule has 1 fully saturated rings. The fourth-order valence-electron chi connectivity index (χ4n) is 5.84. The summed E-state index contributed by atoms with van der Waals surface area (Å²) in [5.41, 5.74) is 3.87. The van der Waals surface area contributed by atoms with Gasteiger partial charge in [0.05, 0.1) is 12.6 Å². The molecular weight excluding hydrogens is 589 g/mol. The molecule has 0 saturated carbocycles. The van der Waals surface area contributed by atoms with E-state index >= 15 is 4.48 Å². The highest BCUT2D eigenvalue weighted by Crippen LogP contribution is 2.44. The Morgan fingerprint density at radius 1 is 1.00 bits per heavy atom. The monoisotopic (exact) mass is 623 g/mol. The molecule has 0 spiro atoms. The van der Waals surface area contributed by atoms with Gasteiger partial charge in [-0.2, -0.15) is 5.12 Å². The number of nitrogens with zero attached hydrogens (tertiary/aromatic N) is 2. The molecule has 3 aromatic rings. The number of alkyl carbamates (subject to hydrolysis) is 1. The second kappa shape index (κ2) is 12.8. The molecule has 2 aliphatic rings. The lowest BCUT2D eigenvalue weighted by atomic mass is 9.98. The topological polar surface area (TPSA) is 97.4 Å². The number of nitrogens with one attached hydrogen (secondary N) is 1. The summed E-state index contributed by atoms with van der Waals surface area (Å²) in [6.07, 6.45) is -2.69. The van der Waals surface area contributed by atoms with Crippen LogP contribution in [0.25, 0.3) is 11.1 Å². The molecule has 9 nitrogen and oxygen atoms in total. The molecular formula is C33H35ClFN3O6. The predicted molar refractivity (Wildman–Crippen MR) is 163 cm³/mol. The summed E-state index contributed by atoms with van der Waals surface area (Å²) in [6.45, 7) is 4.54. The second-order valence-electron chi connectivity index (χ2n) is 11.8. The molecule has 0 bridgehead atoms. The van der Waals surface area contributed by atoms with Gasteiger partial charge in [-0.1, -0.05) is 76.7 Å². The van der Waals surface area contributed by atoms with Gasteiger partial charge < -0.3 is 19.5 Å². The zero-order valence-electron chi connectivity index (χ0n) is 25.0. The van der Waals surface area contributed by atoms with Gasteiger partial charge in [-0.25, -0.2) is 9.59 Å². The molecule has 3 aromatic carbocycles. The van der Waals surface area contributed by atoms with E-state index in [1.54, 1.807) is 39.0 Å². The Bertz CT molecular complexity index is 1500. The summed E-state index contributed by atoms with van der Waals surface area (Å²) >= 11 is 6.02. The van der Waals surface area contributed by atoms with E-state index in [4.69, 9.17) is 25.8 Å². The number of benzene rings is 3. The van der Waals surface area contributed by atoms with Crippen molar-refractivity contribution in [3.8, 4) is 11.1 Å². The van der Waals surface area contributed by atoms with E-state index in [1.807, 2.05) is 48.5 Å². The van der Waals surface area contributed by atoms with Crippen LogP contribution in [0.5, 0.6) is 0 Å². The maximum Gasteiger partial charge on any atom is 0.411 e. The number of methoxy groups -OCH3 is 1. The van der Waals surface area contributed by atoms with Crippen molar-refractivity contribution in [2.75, 3.05) is 20.3 Å². The van der Waals surface area contributed by atoms with E-state index in [2.05, 4.69) is 5.32 Å². The van der Waals surface area contributed by atoms with E-state index in [-0.39, 0.29) is 24.2 Å². The van der Waals surface area contributed by atoms with Crippen molar-refractivity contribution in [1.82, 2.24) is 15.3 Å². The van der Waals surface area contributed by atoms with Crippen LogP contribution in [0.2, 0.25) is 5.02 Å². The number of ether oxygens (including phenoxy) is 3. The lowest BCUT2D eigenvalue weighted by Gasteiger charge is -2.30. The first-order valence-corrected chi connectivity index (χ1v) is 14.7. The van der Waals surface area contributed by atoms with Crippen molar-refractivity contribution in [2.45, 2.75) is 57.0 Å².